The van der Waals surface area contributed by atoms with Gasteiger partial charge in [0.15, 0.2) is 0 Å². The average Bonchev–Trinajstić information content (AvgIpc) is 2.19. The summed E-state index contributed by atoms with van der Waals surface area (Å²) in [6.07, 6.45) is 0. The second-order valence-electron chi connectivity index (χ2n) is 4.92. The fourth-order valence-corrected chi connectivity index (χ4v) is 2.64. The summed E-state index contributed by atoms with van der Waals surface area (Å²) in [6, 6.07) is 5.23. The molecule has 4 N–H and O–H groups in total. The van der Waals surface area contributed by atoms with E-state index in [9.17, 15) is 4.79 Å². The van der Waals surface area contributed by atoms with Crippen LogP contribution in [0, 0.1) is 3.57 Å². The van der Waals surface area contributed by atoms with Gasteiger partial charge in [-0.3, -0.25) is 5.32 Å². The van der Waals surface area contributed by atoms with Gasteiger partial charge >= 0.3 is 6.03 Å². The van der Waals surface area contributed by atoms with Gasteiger partial charge in [0.1, 0.15) is 0 Å². The van der Waals surface area contributed by atoms with Crippen LogP contribution in [0.2, 0.25) is 0 Å². The van der Waals surface area contributed by atoms with Crippen LogP contribution in [0.3, 0.4) is 0 Å². The number of halogens is 2. The van der Waals surface area contributed by atoms with E-state index in [1.807, 2.05) is 39.0 Å². The summed E-state index contributed by atoms with van der Waals surface area (Å²) in [5.41, 5.74) is 6.08. The maximum absolute atomic E-state index is 11.6. The van der Waals surface area contributed by atoms with Crippen molar-refractivity contribution < 1.29 is 4.79 Å². The Kier molecular flexibility index (Phi) is 5.60. The van der Waals surface area contributed by atoms with Crippen molar-refractivity contribution in [3.63, 3.8) is 0 Å². The number of amides is 2. The van der Waals surface area contributed by atoms with Gasteiger partial charge in [-0.1, -0.05) is 15.9 Å². The van der Waals surface area contributed by atoms with E-state index in [2.05, 4.69) is 54.1 Å². The predicted molar refractivity (Wildman–Crippen MR) is 89.6 cm³/mol. The number of aliphatic imine (C=N–C) groups is 1. The number of hydrogen-bond acceptors (Lipinski definition) is 2. The van der Waals surface area contributed by atoms with E-state index < -0.39 is 0 Å². The number of urea groups is 1. The van der Waals surface area contributed by atoms with Gasteiger partial charge in [0.25, 0.3) is 0 Å². The van der Waals surface area contributed by atoms with Gasteiger partial charge in [0.05, 0.1) is 5.69 Å². The molecule has 5 nitrogen and oxygen atoms in total. The lowest BCUT2D eigenvalue weighted by Gasteiger charge is -2.20. The molecule has 0 atom stereocenters. The lowest BCUT2D eigenvalue weighted by atomic mass is 10.1. The maximum Gasteiger partial charge on any atom is 0.321 e. The fraction of sp³-hybridized carbons (Fsp3) is 0.333. The molecule has 2 amide bonds. The van der Waals surface area contributed by atoms with Gasteiger partial charge < -0.3 is 11.1 Å². The zero-order valence-electron chi connectivity index (χ0n) is 10.9. The van der Waals surface area contributed by atoms with Gasteiger partial charge in [-0.2, -0.15) is 0 Å². The molecule has 1 aromatic carbocycles. The van der Waals surface area contributed by atoms with Crippen molar-refractivity contribution in [1.29, 1.82) is 0 Å². The second kappa shape index (κ2) is 6.56. The first-order valence-electron chi connectivity index (χ1n) is 5.56. The van der Waals surface area contributed by atoms with Crippen LogP contribution in [-0.4, -0.2) is 17.5 Å². The number of rotatable bonds is 1. The van der Waals surface area contributed by atoms with E-state index in [0.717, 1.165) is 8.04 Å². The first-order valence-corrected chi connectivity index (χ1v) is 7.43. The number of carbonyl (C=O) groups is 1. The van der Waals surface area contributed by atoms with Gasteiger partial charge in [-0.25, -0.2) is 9.79 Å². The van der Waals surface area contributed by atoms with Crippen molar-refractivity contribution in [2.75, 3.05) is 0 Å². The Balaban J connectivity index is 2.74. The maximum atomic E-state index is 11.6. The molecular weight excluding hydrogens is 423 g/mol. The van der Waals surface area contributed by atoms with Crippen LogP contribution in [0.5, 0.6) is 0 Å². The van der Waals surface area contributed by atoms with Crippen molar-refractivity contribution in [1.82, 2.24) is 10.6 Å². The Bertz CT molecular complexity index is 511. The normalized spacial score (nSPS) is 12.2. The molecule has 0 spiro atoms. The number of hydrogen-bond donors (Lipinski definition) is 3. The molecule has 0 fully saturated rings. The Morgan fingerprint density at radius 3 is 2.58 bits per heavy atom. The summed E-state index contributed by atoms with van der Waals surface area (Å²) in [4.78, 5) is 15.8. The zero-order chi connectivity index (χ0) is 14.6. The molecule has 0 saturated carbocycles. The summed E-state index contributed by atoms with van der Waals surface area (Å²) < 4.78 is 1.90. The van der Waals surface area contributed by atoms with E-state index in [1.165, 1.54) is 0 Å². The van der Waals surface area contributed by atoms with E-state index in [4.69, 9.17) is 5.73 Å². The third-order valence-corrected chi connectivity index (χ3v) is 3.24. The molecule has 0 radical (unpaired) electrons. The van der Waals surface area contributed by atoms with Crippen molar-refractivity contribution in [2.45, 2.75) is 26.3 Å². The topological polar surface area (TPSA) is 79.5 Å². The summed E-state index contributed by atoms with van der Waals surface area (Å²) in [6.45, 7) is 5.66. The first-order chi connectivity index (χ1) is 8.67. The van der Waals surface area contributed by atoms with Crippen LogP contribution in [-0.2, 0) is 0 Å². The molecule has 0 unspecified atom stereocenters. The third-order valence-electron chi connectivity index (χ3n) is 1.88. The van der Waals surface area contributed by atoms with Crippen molar-refractivity contribution in [2.24, 2.45) is 10.7 Å². The van der Waals surface area contributed by atoms with E-state index >= 15 is 0 Å². The third kappa shape index (κ3) is 6.24. The highest BCUT2D eigenvalue weighted by Crippen LogP contribution is 2.24. The monoisotopic (exact) mass is 438 g/mol. The molecule has 7 heteroatoms. The molecular formula is C12H16BrIN4O. The highest BCUT2D eigenvalue weighted by Gasteiger charge is 2.14. The summed E-state index contributed by atoms with van der Waals surface area (Å²) in [7, 11) is 0. The molecule has 1 rings (SSSR count). The van der Waals surface area contributed by atoms with Gasteiger partial charge in [-0.15, -0.1) is 0 Å². The van der Waals surface area contributed by atoms with E-state index in [0.29, 0.717) is 5.69 Å². The number of benzene rings is 1. The highest BCUT2D eigenvalue weighted by atomic mass is 127. The summed E-state index contributed by atoms with van der Waals surface area (Å²) in [5, 5.41) is 5.23. The molecule has 0 saturated heterocycles. The zero-order valence-corrected chi connectivity index (χ0v) is 14.7. The summed E-state index contributed by atoms with van der Waals surface area (Å²) >= 11 is 5.53. The van der Waals surface area contributed by atoms with Crippen molar-refractivity contribution in [3.05, 3.63) is 26.2 Å². The number of nitrogens with two attached hydrogens (primary N) is 1. The van der Waals surface area contributed by atoms with Gasteiger partial charge in [0, 0.05) is 13.6 Å². The molecule has 0 heterocycles. The highest BCUT2D eigenvalue weighted by molar-refractivity contribution is 14.1. The number of nitrogens with one attached hydrogen (secondary N) is 2. The van der Waals surface area contributed by atoms with Crippen LogP contribution in [0.4, 0.5) is 10.5 Å². The van der Waals surface area contributed by atoms with Crippen molar-refractivity contribution in [3.8, 4) is 0 Å². The van der Waals surface area contributed by atoms with Crippen LogP contribution in [0.15, 0.2) is 27.7 Å². The fourth-order valence-electron chi connectivity index (χ4n) is 1.22. The first kappa shape index (κ1) is 16.2. The number of carbonyl (C=O) groups excluding carboxylic acids is 1. The molecule has 1 aromatic rings. The SMILES string of the molecule is CC(C)(C)NC(=O)NC(N)=Nc1ccc(Br)cc1I. The van der Waals surface area contributed by atoms with Crippen molar-refractivity contribution >= 4 is 56.2 Å². The molecule has 0 bridgehead atoms. The Hall–Kier alpha value is -0.830. The molecule has 0 aliphatic heterocycles. The number of nitrogens with zero attached hydrogens (tertiary/aromatic N) is 1. The van der Waals surface area contributed by atoms with Crippen LogP contribution < -0.4 is 16.4 Å². The smallest absolute Gasteiger partial charge is 0.321 e. The van der Waals surface area contributed by atoms with Crippen LogP contribution in [0.25, 0.3) is 0 Å². The van der Waals surface area contributed by atoms with Gasteiger partial charge in [0.2, 0.25) is 5.96 Å². The lowest BCUT2D eigenvalue weighted by molar-refractivity contribution is 0.236. The van der Waals surface area contributed by atoms with E-state index in [1.54, 1.807) is 0 Å². The molecule has 0 aromatic heterocycles. The van der Waals surface area contributed by atoms with Crippen LogP contribution >= 0.6 is 38.5 Å². The second-order valence-corrected chi connectivity index (χ2v) is 7.00. The Labute approximate surface area is 134 Å². The standard InChI is InChI=1S/C12H16BrIN4O/c1-12(2,3)18-11(19)17-10(15)16-9-5-4-7(13)6-8(9)14/h4-6H,1-3H3,(H4,15,16,17,18,19). The molecule has 0 aliphatic rings. The number of guanidine groups is 1. The predicted octanol–water partition coefficient (Wildman–Crippen LogP) is 3.10. The molecule has 104 valence electrons. The largest absolute Gasteiger partial charge is 0.369 e. The lowest BCUT2D eigenvalue weighted by Crippen LogP contribution is -2.50. The minimum absolute atomic E-state index is 0.0574. The minimum atomic E-state index is -0.374. The average molecular weight is 439 g/mol. The van der Waals surface area contributed by atoms with Gasteiger partial charge in [-0.05, 0) is 61.6 Å². The quantitative estimate of drug-likeness (QED) is 0.358. The molecule has 19 heavy (non-hydrogen) atoms. The Morgan fingerprint density at radius 2 is 2.05 bits per heavy atom. The minimum Gasteiger partial charge on any atom is -0.369 e. The summed E-state index contributed by atoms with van der Waals surface area (Å²) in [5.74, 6) is 0.0574. The Morgan fingerprint density at radius 1 is 1.42 bits per heavy atom. The van der Waals surface area contributed by atoms with Crippen LogP contribution in [0.1, 0.15) is 20.8 Å². The van der Waals surface area contributed by atoms with E-state index in [-0.39, 0.29) is 17.5 Å². The molecule has 0 aliphatic carbocycles.